The van der Waals surface area contributed by atoms with Crippen LogP contribution in [-0.4, -0.2) is 31.1 Å². The molecular formula is C74H126O4. The number of esters is 1. The minimum atomic E-state index is 0.0939. The van der Waals surface area contributed by atoms with Crippen molar-refractivity contribution in [1.82, 2.24) is 0 Å². The molecule has 8 aliphatic carbocycles. The molecule has 4 heteroatoms. The Hall–Kier alpha value is -2.17. The molecule has 0 spiro atoms. The molecule has 0 atom stereocenters. The highest BCUT2D eigenvalue weighted by molar-refractivity contribution is 5.72. The number of carbonyl (C=O) groups excluding carboxylic acids is 1. The third-order valence-electron chi connectivity index (χ3n) is 21.0. The number of rotatable bonds is 8. The maximum absolute atomic E-state index is 12.0. The van der Waals surface area contributed by atoms with E-state index in [0.29, 0.717) is 19.0 Å². The Morgan fingerprint density at radius 3 is 0.885 bits per heavy atom. The van der Waals surface area contributed by atoms with Gasteiger partial charge in [-0.2, -0.15) is 0 Å². The number of aryl methyl sites for hydroxylation is 3. The molecule has 2 aromatic carbocycles. The summed E-state index contributed by atoms with van der Waals surface area (Å²) in [6, 6.07) is 17.6. The highest BCUT2D eigenvalue weighted by Gasteiger charge is 2.31. The SMILES string of the molecule is CC1CCC(C)CC1.CC1CCC(C2CCC(C)CC2)CC1.CC1CCC(OC(=O)C2CCC(C)CC2)CC1.CC1CCC(OCOC2CCC(C)CC2)CC1.Cc1ccc(C)cc1.Cc1ccc(C2CCC(C)CC2)cc1. The van der Waals surface area contributed by atoms with Gasteiger partial charge in [0.1, 0.15) is 12.9 Å². The van der Waals surface area contributed by atoms with Crippen LogP contribution in [0.15, 0.2) is 48.5 Å². The Balaban J connectivity index is 0.000000176. The van der Waals surface area contributed by atoms with Gasteiger partial charge < -0.3 is 14.2 Å². The number of hydrogen-bond acceptors (Lipinski definition) is 4. The largest absolute Gasteiger partial charge is 0.462 e. The predicted octanol–water partition coefficient (Wildman–Crippen LogP) is 22.1. The molecular weight excluding hydrogens is 953 g/mol. The second-order valence-electron chi connectivity index (χ2n) is 28.9. The van der Waals surface area contributed by atoms with E-state index in [4.69, 9.17) is 14.2 Å². The molecule has 10 rings (SSSR count). The molecule has 0 aliphatic heterocycles. The van der Waals surface area contributed by atoms with E-state index in [0.717, 1.165) is 96.7 Å². The van der Waals surface area contributed by atoms with Crippen LogP contribution in [0, 0.1) is 91.8 Å². The quantitative estimate of drug-likeness (QED) is 0.195. The molecule has 0 radical (unpaired) electrons. The third kappa shape index (κ3) is 27.3. The van der Waals surface area contributed by atoms with Crippen LogP contribution in [0.2, 0.25) is 0 Å². The number of ether oxygens (including phenoxy) is 3. The molecule has 4 nitrogen and oxygen atoms in total. The first kappa shape index (κ1) is 66.6. The maximum atomic E-state index is 12.0. The van der Waals surface area contributed by atoms with Crippen molar-refractivity contribution in [3.63, 3.8) is 0 Å². The van der Waals surface area contributed by atoms with Gasteiger partial charge in [0.15, 0.2) is 0 Å². The van der Waals surface area contributed by atoms with Gasteiger partial charge in [-0.1, -0.05) is 192 Å². The molecule has 0 unspecified atom stereocenters. The van der Waals surface area contributed by atoms with Crippen LogP contribution in [0.3, 0.4) is 0 Å². The first-order chi connectivity index (χ1) is 37.5. The molecule has 0 amide bonds. The van der Waals surface area contributed by atoms with E-state index < -0.39 is 0 Å². The molecule has 446 valence electrons. The minimum Gasteiger partial charge on any atom is -0.462 e. The van der Waals surface area contributed by atoms with Crippen LogP contribution in [0.1, 0.15) is 296 Å². The normalized spacial score (nSPS) is 35.0. The second-order valence-corrected chi connectivity index (χ2v) is 28.9. The smallest absolute Gasteiger partial charge is 0.309 e. The highest BCUT2D eigenvalue weighted by atomic mass is 16.7. The number of hydrogen-bond donors (Lipinski definition) is 0. The van der Waals surface area contributed by atoms with E-state index in [-0.39, 0.29) is 18.0 Å². The standard InChI is InChI=1S/C15H28O2.C15H26O2.C14H26.C14H20.C8H16.C8H10/c1-12-3-7-14(8-4-12)16-11-17-15-9-5-13(2)6-10-15;1-11-3-7-13(8-4-11)15(16)17-14-9-5-12(2)6-10-14;2*1-11-3-7-13(8-4-11)14-9-5-12(2)6-10-14;2*1-7-3-5-8(2)6-4-7/h12-15H,3-11H2,1-2H3;11-14H,3-10H2,1-2H3;11-14H,3-10H2,1-2H3;3-4,7-8,12,14H,5-6,9-10H2,1-2H3;7-8H,3-6H2,1-2H3;3-6H,1-2H3. The fourth-order valence-corrected chi connectivity index (χ4v) is 14.1. The highest BCUT2D eigenvalue weighted by Crippen LogP contribution is 2.41. The zero-order chi connectivity index (χ0) is 56.2. The van der Waals surface area contributed by atoms with Crippen LogP contribution in [0.5, 0.6) is 0 Å². The van der Waals surface area contributed by atoms with Crippen molar-refractivity contribution in [2.45, 2.75) is 313 Å². The van der Waals surface area contributed by atoms with Crippen LogP contribution in [0.25, 0.3) is 0 Å². The Morgan fingerprint density at radius 2 is 0.564 bits per heavy atom. The van der Waals surface area contributed by atoms with Crippen molar-refractivity contribution in [2.24, 2.45) is 71.0 Å². The second kappa shape index (κ2) is 37.1. The first-order valence-electron chi connectivity index (χ1n) is 34.0. The lowest BCUT2D eigenvalue weighted by molar-refractivity contribution is -0.157. The zero-order valence-corrected chi connectivity index (χ0v) is 53.3. The van der Waals surface area contributed by atoms with Gasteiger partial charge in [-0.3, -0.25) is 4.79 Å². The number of benzene rings is 2. The van der Waals surface area contributed by atoms with Crippen LogP contribution >= 0.6 is 0 Å². The van der Waals surface area contributed by atoms with Crippen LogP contribution < -0.4 is 0 Å². The third-order valence-corrected chi connectivity index (χ3v) is 21.0. The molecule has 0 saturated heterocycles. The van der Waals surface area contributed by atoms with Crippen LogP contribution in [-0.2, 0) is 19.0 Å². The fourth-order valence-electron chi connectivity index (χ4n) is 14.1. The monoisotopic (exact) mass is 1080 g/mol. The van der Waals surface area contributed by atoms with Crippen LogP contribution in [0.4, 0.5) is 0 Å². The Labute approximate surface area is 484 Å². The summed E-state index contributed by atoms with van der Waals surface area (Å²) >= 11 is 0. The summed E-state index contributed by atoms with van der Waals surface area (Å²) in [6.45, 7) is 28.1. The van der Waals surface area contributed by atoms with E-state index in [2.05, 4.69) is 132 Å². The summed E-state index contributed by atoms with van der Waals surface area (Å²) < 4.78 is 17.4. The average Bonchev–Trinajstić information content (AvgIpc) is 3.44. The summed E-state index contributed by atoms with van der Waals surface area (Å²) in [4.78, 5) is 12.0. The summed E-state index contributed by atoms with van der Waals surface area (Å²) in [5.41, 5.74) is 5.59. The fraction of sp³-hybridized carbons (Fsp3) is 0.824. The molecule has 0 aromatic heterocycles. The molecule has 0 heterocycles. The van der Waals surface area contributed by atoms with Crippen molar-refractivity contribution in [1.29, 1.82) is 0 Å². The van der Waals surface area contributed by atoms with Crippen molar-refractivity contribution >= 4 is 5.97 Å². The summed E-state index contributed by atoms with van der Waals surface area (Å²) in [5, 5.41) is 0. The Kier molecular flexibility index (Phi) is 31.7. The maximum Gasteiger partial charge on any atom is 0.309 e. The lowest BCUT2D eigenvalue weighted by Crippen LogP contribution is -2.29. The molecule has 8 aliphatic rings. The zero-order valence-electron chi connectivity index (χ0n) is 53.3. The molecule has 78 heavy (non-hydrogen) atoms. The van der Waals surface area contributed by atoms with E-state index in [9.17, 15) is 4.79 Å². The van der Waals surface area contributed by atoms with Gasteiger partial charge in [-0.05, 0) is 239 Å². The predicted molar refractivity (Wildman–Crippen MR) is 335 cm³/mol. The van der Waals surface area contributed by atoms with Gasteiger partial charge in [-0.25, -0.2) is 0 Å². The van der Waals surface area contributed by atoms with Crippen molar-refractivity contribution < 1.29 is 19.0 Å². The van der Waals surface area contributed by atoms with Gasteiger partial charge in [-0.15, -0.1) is 0 Å². The number of carbonyl (C=O) groups is 1. The van der Waals surface area contributed by atoms with Gasteiger partial charge in [0.05, 0.1) is 18.1 Å². The Bertz CT molecular complexity index is 1700. The molecule has 2 aromatic rings. The summed E-state index contributed by atoms with van der Waals surface area (Å²) in [6.07, 6.45) is 44.2. The van der Waals surface area contributed by atoms with Crippen molar-refractivity contribution in [3.05, 3.63) is 70.8 Å². The van der Waals surface area contributed by atoms with Gasteiger partial charge in [0.2, 0.25) is 0 Å². The topological polar surface area (TPSA) is 44.8 Å². The van der Waals surface area contributed by atoms with E-state index in [1.807, 2.05) is 0 Å². The van der Waals surface area contributed by atoms with E-state index in [1.165, 1.54) is 171 Å². The summed E-state index contributed by atoms with van der Waals surface area (Å²) in [5.74, 6) is 11.8. The average molecular weight is 1080 g/mol. The molecule has 0 bridgehead atoms. The van der Waals surface area contributed by atoms with Crippen molar-refractivity contribution in [3.8, 4) is 0 Å². The lowest BCUT2D eigenvalue weighted by Gasteiger charge is -2.36. The first-order valence-corrected chi connectivity index (χ1v) is 34.0. The van der Waals surface area contributed by atoms with Gasteiger partial charge in [0, 0.05) is 0 Å². The molecule has 8 saturated carbocycles. The minimum absolute atomic E-state index is 0.0939. The van der Waals surface area contributed by atoms with Gasteiger partial charge >= 0.3 is 5.97 Å². The van der Waals surface area contributed by atoms with E-state index in [1.54, 1.807) is 31.2 Å². The Morgan fingerprint density at radius 1 is 0.321 bits per heavy atom. The summed E-state index contributed by atoms with van der Waals surface area (Å²) in [7, 11) is 0. The van der Waals surface area contributed by atoms with Gasteiger partial charge in [0.25, 0.3) is 0 Å². The van der Waals surface area contributed by atoms with E-state index >= 15 is 0 Å². The molecule has 8 fully saturated rings. The molecule has 0 N–H and O–H groups in total. The lowest BCUT2D eigenvalue weighted by atomic mass is 9.70. The van der Waals surface area contributed by atoms with Crippen molar-refractivity contribution in [2.75, 3.05) is 6.79 Å².